The fourth-order valence-corrected chi connectivity index (χ4v) is 2.58. The van der Waals surface area contributed by atoms with Crippen molar-refractivity contribution in [2.24, 2.45) is 5.92 Å². The van der Waals surface area contributed by atoms with Gasteiger partial charge in [-0.15, -0.1) is 0 Å². The van der Waals surface area contributed by atoms with Crippen LogP contribution in [0.2, 0.25) is 5.02 Å². The average Bonchev–Trinajstić information content (AvgIpc) is 2.41. The fraction of sp³-hybridized carbons (Fsp3) is 0.467. The Hall–Kier alpha value is -0.990. The predicted molar refractivity (Wildman–Crippen MR) is 76.2 cm³/mol. The molecule has 0 aliphatic heterocycles. The molecule has 0 saturated carbocycles. The fourth-order valence-electron chi connectivity index (χ4n) is 2.34. The van der Waals surface area contributed by atoms with Crippen LogP contribution in [0.1, 0.15) is 24.8 Å². The zero-order valence-corrected chi connectivity index (χ0v) is 11.5. The number of hydrogen-bond acceptors (Lipinski definition) is 2. The lowest BCUT2D eigenvalue weighted by Crippen LogP contribution is -2.23. The molecule has 0 bridgehead atoms. The first-order chi connectivity index (χ1) is 8.81. The minimum Gasteiger partial charge on any atom is -0.496 e. The molecule has 0 fully saturated rings. The first kappa shape index (κ1) is 13.4. The third-order valence-electron chi connectivity index (χ3n) is 3.41. The van der Waals surface area contributed by atoms with Gasteiger partial charge in [-0.3, -0.25) is 0 Å². The molecule has 0 spiro atoms. The summed E-state index contributed by atoms with van der Waals surface area (Å²) in [4.78, 5) is 0. The Morgan fingerprint density at radius 3 is 3.00 bits per heavy atom. The van der Waals surface area contributed by atoms with Crippen molar-refractivity contribution < 1.29 is 4.74 Å². The molecule has 1 unspecified atom stereocenters. The first-order valence-electron chi connectivity index (χ1n) is 6.48. The van der Waals surface area contributed by atoms with Crippen molar-refractivity contribution in [1.82, 2.24) is 5.32 Å². The quantitative estimate of drug-likeness (QED) is 0.818. The van der Waals surface area contributed by atoms with E-state index in [1.165, 1.54) is 19.3 Å². The molecule has 98 valence electrons. The molecule has 1 aliphatic rings. The van der Waals surface area contributed by atoms with Crippen molar-refractivity contribution >= 4 is 11.6 Å². The van der Waals surface area contributed by atoms with E-state index in [2.05, 4.69) is 17.5 Å². The summed E-state index contributed by atoms with van der Waals surface area (Å²) >= 11 is 6.20. The molecule has 3 heteroatoms. The molecule has 2 rings (SSSR count). The van der Waals surface area contributed by atoms with Crippen molar-refractivity contribution in [3.8, 4) is 5.75 Å². The number of rotatable bonds is 5. The van der Waals surface area contributed by atoms with Crippen LogP contribution in [-0.2, 0) is 6.54 Å². The summed E-state index contributed by atoms with van der Waals surface area (Å²) in [6, 6.07) is 5.77. The van der Waals surface area contributed by atoms with Gasteiger partial charge in [-0.2, -0.15) is 0 Å². The molecule has 0 saturated heterocycles. The maximum atomic E-state index is 6.20. The standard InChI is InChI=1S/C15H20ClNO/c1-18-15-9-5-8-14(16)13(15)11-17-10-12-6-3-2-4-7-12/h2-3,5,8-9,12,17H,4,6-7,10-11H2,1H3. The van der Waals surface area contributed by atoms with Crippen LogP contribution >= 0.6 is 11.6 Å². The molecule has 18 heavy (non-hydrogen) atoms. The van der Waals surface area contributed by atoms with Crippen LogP contribution in [0, 0.1) is 5.92 Å². The van der Waals surface area contributed by atoms with Gasteiger partial charge >= 0.3 is 0 Å². The predicted octanol–water partition coefficient (Wildman–Crippen LogP) is 3.79. The van der Waals surface area contributed by atoms with Gasteiger partial charge in [0.1, 0.15) is 5.75 Å². The summed E-state index contributed by atoms with van der Waals surface area (Å²) in [5.74, 6) is 1.61. The van der Waals surface area contributed by atoms with E-state index in [9.17, 15) is 0 Å². The van der Waals surface area contributed by atoms with Gasteiger partial charge in [0.05, 0.1) is 7.11 Å². The van der Waals surface area contributed by atoms with E-state index in [-0.39, 0.29) is 0 Å². The maximum Gasteiger partial charge on any atom is 0.124 e. The number of benzene rings is 1. The lowest BCUT2D eigenvalue weighted by molar-refractivity contribution is 0.402. The summed E-state index contributed by atoms with van der Waals surface area (Å²) in [5, 5.41) is 4.26. The molecule has 0 heterocycles. The minimum atomic E-state index is 0.753. The summed E-state index contributed by atoms with van der Waals surface area (Å²) in [6.45, 7) is 1.81. The number of halogens is 1. The normalized spacial score (nSPS) is 18.9. The van der Waals surface area contributed by atoms with Gasteiger partial charge in [0.2, 0.25) is 0 Å². The topological polar surface area (TPSA) is 21.3 Å². The van der Waals surface area contributed by atoms with Crippen molar-refractivity contribution in [3.63, 3.8) is 0 Å². The van der Waals surface area contributed by atoms with Crippen LogP contribution in [0.3, 0.4) is 0 Å². The second kappa shape index (κ2) is 6.81. The zero-order chi connectivity index (χ0) is 12.8. The monoisotopic (exact) mass is 265 g/mol. The average molecular weight is 266 g/mol. The lowest BCUT2D eigenvalue weighted by atomic mass is 9.94. The Morgan fingerprint density at radius 2 is 2.28 bits per heavy atom. The Bertz CT molecular complexity index is 417. The van der Waals surface area contributed by atoms with Crippen LogP contribution in [0.5, 0.6) is 5.75 Å². The molecule has 2 nitrogen and oxygen atoms in total. The highest BCUT2D eigenvalue weighted by molar-refractivity contribution is 6.31. The number of methoxy groups -OCH3 is 1. The van der Waals surface area contributed by atoms with Gasteiger partial charge in [-0.05, 0) is 43.9 Å². The van der Waals surface area contributed by atoms with E-state index in [0.29, 0.717) is 0 Å². The largest absolute Gasteiger partial charge is 0.496 e. The highest BCUT2D eigenvalue weighted by Crippen LogP contribution is 2.26. The van der Waals surface area contributed by atoms with E-state index in [4.69, 9.17) is 16.3 Å². The minimum absolute atomic E-state index is 0.753. The van der Waals surface area contributed by atoms with Crippen LogP contribution in [0.4, 0.5) is 0 Å². The van der Waals surface area contributed by atoms with Crippen LogP contribution in [0.25, 0.3) is 0 Å². The van der Waals surface area contributed by atoms with Crippen LogP contribution < -0.4 is 10.1 Å². The molecule has 0 radical (unpaired) electrons. The van der Waals surface area contributed by atoms with Gasteiger partial charge < -0.3 is 10.1 Å². The Labute approximate surface area is 114 Å². The molecular formula is C15H20ClNO. The summed E-state index contributed by atoms with van der Waals surface area (Å²) < 4.78 is 5.33. The van der Waals surface area contributed by atoms with E-state index < -0.39 is 0 Å². The molecule has 1 aromatic carbocycles. The van der Waals surface area contributed by atoms with Gasteiger partial charge in [-0.25, -0.2) is 0 Å². The molecule has 1 N–H and O–H groups in total. The third-order valence-corrected chi connectivity index (χ3v) is 3.76. The number of nitrogens with one attached hydrogen (secondary N) is 1. The first-order valence-corrected chi connectivity index (χ1v) is 6.86. The molecule has 0 aromatic heterocycles. The molecule has 1 aliphatic carbocycles. The smallest absolute Gasteiger partial charge is 0.124 e. The molecule has 0 amide bonds. The van der Waals surface area contributed by atoms with Crippen molar-refractivity contribution in [3.05, 3.63) is 40.9 Å². The van der Waals surface area contributed by atoms with Crippen molar-refractivity contribution in [2.75, 3.05) is 13.7 Å². The summed E-state index contributed by atoms with van der Waals surface area (Å²) in [7, 11) is 1.68. The highest BCUT2D eigenvalue weighted by Gasteiger charge is 2.11. The number of allylic oxidation sites excluding steroid dienone is 2. The summed E-state index contributed by atoms with van der Waals surface area (Å²) in [5.41, 5.74) is 1.05. The second-order valence-electron chi connectivity index (χ2n) is 4.70. The van der Waals surface area contributed by atoms with E-state index >= 15 is 0 Å². The third kappa shape index (κ3) is 3.50. The Morgan fingerprint density at radius 1 is 1.39 bits per heavy atom. The Kier molecular flexibility index (Phi) is 5.09. The van der Waals surface area contributed by atoms with E-state index in [0.717, 1.165) is 35.3 Å². The van der Waals surface area contributed by atoms with Crippen LogP contribution in [-0.4, -0.2) is 13.7 Å². The molecule has 1 aromatic rings. The van der Waals surface area contributed by atoms with Gasteiger partial charge in [0, 0.05) is 17.1 Å². The second-order valence-corrected chi connectivity index (χ2v) is 5.11. The SMILES string of the molecule is COc1cccc(Cl)c1CNCC1CC=CCC1. The maximum absolute atomic E-state index is 6.20. The van der Waals surface area contributed by atoms with Gasteiger partial charge in [-0.1, -0.05) is 29.8 Å². The van der Waals surface area contributed by atoms with E-state index in [1.807, 2.05) is 18.2 Å². The molecule has 1 atom stereocenters. The van der Waals surface area contributed by atoms with Gasteiger partial charge in [0.25, 0.3) is 0 Å². The molecular weight excluding hydrogens is 246 g/mol. The number of hydrogen-bond donors (Lipinski definition) is 1. The van der Waals surface area contributed by atoms with Crippen molar-refractivity contribution in [1.29, 1.82) is 0 Å². The van der Waals surface area contributed by atoms with Crippen molar-refractivity contribution in [2.45, 2.75) is 25.8 Å². The van der Waals surface area contributed by atoms with Crippen LogP contribution in [0.15, 0.2) is 30.4 Å². The lowest BCUT2D eigenvalue weighted by Gasteiger charge is -2.19. The summed E-state index contributed by atoms with van der Waals surface area (Å²) in [6.07, 6.45) is 8.23. The Balaban J connectivity index is 1.87. The highest BCUT2D eigenvalue weighted by atomic mass is 35.5. The van der Waals surface area contributed by atoms with E-state index in [1.54, 1.807) is 7.11 Å². The zero-order valence-electron chi connectivity index (χ0n) is 10.8. The van der Waals surface area contributed by atoms with Gasteiger partial charge in [0.15, 0.2) is 0 Å². The number of ether oxygens (including phenoxy) is 1.